The largest absolute Gasteiger partial charge is 0.355 e. The molecule has 2 heterocycles. The topological polar surface area (TPSA) is 78.9 Å². The van der Waals surface area contributed by atoms with Crippen LogP contribution < -0.4 is 16.0 Å². The Morgan fingerprint density at radius 2 is 1.49 bits per heavy atom. The lowest BCUT2D eigenvalue weighted by molar-refractivity contribution is 0.102. The zero-order chi connectivity index (χ0) is 24.2. The van der Waals surface area contributed by atoms with E-state index >= 15 is 0 Å². The summed E-state index contributed by atoms with van der Waals surface area (Å²) in [6.07, 6.45) is 5.04. The number of nitrogens with one attached hydrogen (secondary N) is 3. The second kappa shape index (κ2) is 9.61. The normalized spacial score (nSPS) is 10.7. The molecule has 0 saturated carbocycles. The second-order valence-corrected chi connectivity index (χ2v) is 8.13. The number of fused-ring (bicyclic) bond motifs is 1. The first-order valence-electron chi connectivity index (χ1n) is 11.0. The van der Waals surface area contributed by atoms with Gasteiger partial charge >= 0.3 is 0 Å². The highest BCUT2D eigenvalue weighted by Crippen LogP contribution is 2.27. The van der Waals surface area contributed by atoms with Crippen molar-refractivity contribution >= 4 is 45.2 Å². The molecule has 0 radical (unpaired) electrons. The molecule has 0 atom stereocenters. The van der Waals surface area contributed by atoms with Crippen molar-refractivity contribution in [1.29, 1.82) is 0 Å². The van der Waals surface area contributed by atoms with Crippen molar-refractivity contribution in [2.45, 2.75) is 6.92 Å². The Kier molecular flexibility index (Phi) is 6.05. The van der Waals surface area contributed by atoms with E-state index in [0.29, 0.717) is 16.9 Å². The quantitative estimate of drug-likeness (QED) is 0.258. The van der Waals surface area contributed by atoms with Crippen LogP contribution >= 0.6 is 0 Å². The summed E-state index contributed by atoms with van der Waals surface area (Å²) in [5, 5.41) is 10.3. The molecule has 35 heavy (non-hydrogen) atoms. The maximum Gasteiger partial charge on any atom is 0.255 e. The number of hydrogen-bond acceptors (Lipinski definition) is 5. The van der Waals surface area contributed by atoms with Gasteiger partial charge in [-0.3, -0.25) is 14.8 Å². The first kappa shape index (κ1) is 22.0. The van der Waals surface area contributed by atoms with Gasteiger partial charge in [0, 0.05) is 58.0 Å². The molecule has 0 fully saturated rings. The van der Waals surface area contributed by atoms with Crippen molar-refractivity contribution in [3.8, 4) is 0 Å². The Bertz CT molecular complexity index is 1500. The molecule has 0 bridgehead atoms. The number of benzene rings is 3. The summed E-state index contributed by atoms with van der Waals surface area (Å²) < 4.78 is 14.2. The number of carbonyl (C=O) groups excluding carboxylic acids is 1. The summed E-state index contributed by atoms with van der Waals surface area (Å²) in [6.45, 7) is 2.04. The number of anilines is 5. The summed E-state index contributed by atoms with van der Waals surface area (Å²) in [6, 6.07) is 23.0. The molecule has 3 aromatic carbocycles. The van der Waals surface area contributed by atoms with Gasteiger partial charge in [0.2, 0.25) is 0 Å². The van der Waals surface area contributed by atoms with Crippen molar-refractivity contribution in [3.05, 3.63) is 114 Å². The van der Waals surface area contributed by atoms with Gasteiger partial charge in [0.1, 0.15) is 5.82 Å². The van der Waals surface area contributed by atoms with E-state index in [2.05, 4.69) is 32.0 Å². The fraction of sp³-hybridized carbons (Fsp3) is 0.0357. The predicted octanol–water partition coefficient (Wildman–Crippen LogP) is 6.82. The molecule has 0 aliphatic heterocycles. The number of carbonyl (C=O) groups is 1. The Labute approximate surface area is 201 Å². The Morgan fingerprint density at radius 3 is 2.29 bits per heavy atom. The molecule has 2 aromatic heterocycles. The molecular weight excluding hydrogens is 441 g/mol. The number of amides is 1. The maximum absolute atomic E-state index is 14.2. The van der Waals surface area contributed by atoms with E-state index in [9.17, 15) is 9.18 Å². The molecule has 0 unspecified atom stereocenters. The van der Waals surface area contributed by atoms with Crippen molar-refractivity contribution in [3.63, 3.8) is 0 Å². The first-order valence-corrected chi connectivity index (χ1v) is 11.0. The minimum Gasteiger partial charge on any atom is -0.355 e. The van der Waals surface area contributed by atoms with E-state index in [1.165, 1.54) is 12.1 Å². The number of hydrogen-bond donors (Lipinski definition) is 3. The Morgan fingerprint density at radius 1 is 0.743 bits per heavy atom. The molecule has 7 heteroatoms. The molecule has 5 rings (SSSR count). The molecule has 1 amide bonds. The molecule has 6 nitrogen and oxygen atoms in total. The predicted molar refractivity (Wildman–Crippen MR) is 138 cm³/mol. The molecule has 3 N–H and O–H groups in total. The number of halogens is 1. The summed E-state index contributed by atoms with van der Waals surface area (Å²) in [7, 11) is 0. The van der Waals surface area contributed by atoms with Crippen LogP contribution in [0.25, 0.3) is 10.9 Å². The van der Waals surface area contributed by atoms with Gasteiger partial charge in [0.05, 0.1) is 5.52 Å². The fourth-order valence-corrected chi connectivity index (χ4v) is 3.77. The molecule has 172 valence electrons. The van der Waals surface area contributed by atoms with Crippen LogP contribution in [0.5, 0.6) is 0 Å². The van der Waals surface area contributed by atoms with Crippen LogP contribution in [-0.4, -0.2) is 15.9 Å². The average molecular weight is 464 g/mol. The molecule has 0 aliphatic rings. The van der Waals surface area contributed by atoms with Crippen LogP contribution in [0.15, 0.2) is 97.5 Å². The summed E-state index contributed by atoms with van der Waals surface area (Å²) >= 11 is 0. The van der Waals surface area contributed by atoms with Crippen LogP contribution in [0.3, 0.4) is 0 Å². The van der Waals surface area contributed by atoms with Crippen molar-refractivity contribution < 1.29 is 9.18 Å². The van der Waals surface area contributed by atoms with E-state index in [-0.39, 0.29) is 5.91 Å². The maximum atomic E-state index is 14.2. The number of pyridine rings is 2. The molecule has 5 aromatic rings. The van der Waals surface area contributed by atoms with Crippen LogP contribution in [0.2, 0.25) is 0 Å². The van der Waals surface area contributed by atoms with E-state index in [1.807, 2.05) is 37.3 Å². The zero-order valence-corrected chi connectivity index (χ0v) is 18.9. The third-order valence-electron chi connectivity index (χ3n) is 5.45. The van der Waals surface area contributed by atoms with Crippen molar-refractivity contribution in [2.75, 3.05) is 16.0 Å². The standard InChI is InChI=1S/C28H22FN5O/c1-18-2-7-26-25(14-18)27(10-13-31-26)33-21-5-3-19(4-6-21)28(35)34-24-16-20(29)15-23(17-24)32-22-8-11-30-12-9-22/h2-17H,1H3,(H,30,32)(H,31,33)(H,34,35). The molecular formula is C28H22FN5O. The van der Waals surface area contributed by atoms with Gasteiger partial charge in [-0.2, -0.15) is 0 Å². The van der Waals surface area contributed by atoms with Gasteiger partial charge in [-0.15, -0.1) is 0 Å². The number of nitrogens with zero attached hydrogens (tertiary/aromatic N) is 2. The third kappa shape index (κ3) is 5.25. The lowest BCUT2D eigenvalue weighted by atomic mass is 10.1. The highest BCUT2D eigenvalue weighted by Gasteiger charge is 2.09. The lowest BCUT2D eigenvalue weighted by Gasteiger charge is -2.12. The van der Waals surface area contributed by atoms with Crippen LogP contribution in [0.4, 0.5) is 32.8 Å². The fourth-order valence-electron chi connectivity index (χ4n) is 3.77. The summed E-state index contributed by atoms with van der Waals surface area (Å²) in [5.41, 5.74) is 5.93. The highest BCUT2D eigenvalue weighted by atomic mass is 19.1. The van der Waals surface area contributed by atoms with Crippen LogP contribution in [0, 0.1) is 12.7 Å². The van der Waals surface area contributed by atoms with Gasteiger partial charge in [-0.05, 0) is 79.7 Å². The van der Waals surface area contributed by atoms with Gasteiger partial charge in [-0.25, -0.2) is 4.39 Å². The lowest BCUT2D eigenvalue weighted by Crippen LogP contribution is -2.12. The van der Waals surface area contributed by atoms with E-state index in [0.717, 1.165) is 33.5 Å². The van der Waals surface area contributed by atoms with Gasteiger partial charge in [0.25, 0.3) is 5.91 Å². The van der Waals surface area contributed by atoms with Gasteiger partial charge < -0.3 is 16.0 Å². The molecule has 0 spiro atoms. The smallest absolute Gasteiger partial charge is 0.255 e. The summed E-state index contributed by atoms with van der Waals surface area (Å²) in [4.78, 5) is 21.2. The third-order valence-corrected chi connectivity index (χ3v) is 5.45. The minimum absolute atomic E-state index is 0.331. The van der Waals surface area contributed by atoms with Crippen molar-refractivity contribution in [2.24, 2.45) is 0 Å². The van der Waals surface area contributed by atoms with E-state index < -0.39 is 5.82 Å². The second-order valence-electron chi connectivity index (χ2n) is 8.13. The van der Waals surface area contributed by atoms with Crippen LogP contribution in [0.1, 0.15) is 15.9 Å². The van der Waals surface area contributed by atoms with Gasteiger partial charge in [0.15, 0.2) is 0 Å². The van der Waals surface area contributed by atoms with Crippen molar-refractivity contribution in [1.82, 2.24) is 9.97 Å². The van der Waals surface area contributed by atoms with Gasteiger partial charge in [-0.1, -0.05) is 11.6 Å². The van der Waals surface area contributed by atoms with E-state index in [1.54, 1.807) is 48.9 Å². The minimum atomic E-state index is -0.460. The zero-order valence-electron chi connectivity index (χ0n) is 18.9. The Balaban J connectivity index is 1.30. The molecule has 0 aliphatic carbocycles. The first-order chi connectivity index (χ1) is 17.0. The molecule has 0 saturated heterocycles. The Hall–Kier alpha value is -4.78. The van der Waals surface area contributed by atoms with Crippen LogP contribution in [-0.2, 0) is 0 Å². The SMILES string of the molecule is Cc1ccc2nccc(Nc3ccc(C(=O)Nc4cc(F)cc(Nc5ccncc5)c4)cc3)c2c1. The number of rotatable bonds is 6. The highest BCUT2D eigenvalue weighted by molar-refractivity contribution is 6.04. The van der Waals surface area contributed by atoms with E-state index in [4.69, 9.17) is 0 Å². The summed E-state index contributed by atoms with van der Waals surface area (Å²) in [5.74, 6) is -0.791. The number of aromatic nitrogens is 2. The average Bonchev–Trinajstić information content (AvgIpc) is 2.85. The number of aryl methyl sites for hydroxylation is 1. The monoisotopic (exact) mass is 463 g/mol.